The fraction of sp³-hybridized carbons (Fsp3) is 0.600. The van der Waals surface area contributed by atoms with Gasteiger partial charge in [-0.3, -0.25) is 0 Å². The summed E-state index contributed by atoms with van der Waals surface area (Å²) >= 11 is 0. The Labute approximate surface area is 89.8 Å². The average molecular weight is 211 g/mol. The maximum Gasteiger partial charge on any atom is 0.171 e. The largest absolute Gasteiger partial charge is 0.354 e. The van der Waals surface area contributed by atoms with Crippen LogP contribution in [0.3, 0.4) is 0 Å². The summed E-state index contributed by atoms with van der Waals surface area (Å²) in [5, 5.41) is 11.0. The molecule has 15 heavy (non-hydrogen) atoms. The van der Waals surface area contributed by atoms with Crippen LogP contribution in [-0.2, 0) is 16.0 Å². The molecule has 1 unspecified atom stereocenters. The van der Waals surface area contributed by atoms with Crippen molar-refractivity contribution in [3.8, 4) is 0 Å². The average Bonchev–Trinajstić information content (AvgIpc) is 2.29. The lowest BCUT2D eigenvalue weighted by atomic mass is 10.3. The molecule has 0 radical (unpaired) electrons. The van der Waals surface area contributed by atoms with Gasteiger partial charge in [0.25, 0.3) is 0 Å². The van der Waals surface area contributed by atoms with Crippen molar-refractivity contribution in [3.63, 3.8) is 0 Å². The molecule has 0 saturated carbocycles. The fourth-order valence-corrected chi connectivity index (χ4v) is 1.29. The molecule has 5 nitrogen and oxygen atoms in total. The van der Waals surface area contributed by atoms with Crippen LogP contribution >= 0.6 is 0 Å². The fourth-order valence-electron chi connectivity index (χ4n) is 1.29. The number of hydrogen-bond acceptors (Lipinski definition) is 5. The summed E-state index contributed by atoms with van der Waals surface area (Å²) in [4.78, 5) is 0. The van der Waals surface area contributed by atoms with E-state index in [9.17, 15) is 0 Å². The summed E-state index contributed by atoms with van der Waals surface area (Å²) in [6.45, 7) is 2.65. The van der Waals surface area contributed by atoms with E-state index in [1.165, 1.54) is 0 Å². The van der Waals surface area contributed by atoms with Gasteiger partial charge in [-0.1, -0.05) is 0 Å². The Bertz CT molecular complexity index is 265. The van der Waals surface area contributed by atoms with Gasteiger partial charge in [-0.15, -0.1) is 0 Å². The molecule has 1 atom stereocenters. The van der Waals surface area contributed by atoms with Crippen LogP contribution in [0.4, 0.5) is 0 Å². The van der Waals surface area contributed by atoms with Gasteiger partial charge in [0.2, 0.25) is 0 Å². The highest BCUT2D eigenvalue weighted by atomic mass is 16.7. The monoisotopic (exact) mass is 211 g/mol. The highest BCUT2D eigenvalue weighted by molar-refractivity contribution is 4.98. The van der Waals surface area contributed by atoms with Crippen LogP contribution in [0, 0.1) is 0 Å². The van der Waals surface area contributed by atoms with E-state index in [0.29, 0.717) is 6.54 Å². The molecule has 1 N–H and O–H groups in total. The number of nitrogens with zero attached hydrogens (tertiary/aromatic N) is 2. The first-order valence-corrected chi connectivity index (χ1v) is 4.83. The van der Waals surface area contributed by atoms with Gasteiger partial charge in [0.1, 0.15) is 0 Å². The maximum atomic E-state index is 5.13. The topological polar surface area (TPSA) is 56.3 Å². The molecule has 5 heteroatoms. The lowest BCUT2D eigenvalue weighted by Gasteiger charge is -2.21. The summed E-state index contributed by atoms with van der Waals surface area (Å²) in [6, 6.07) is 3.88. The number of nitrogens with one attached hydrogen (secondary N) is 1. The number of ether oxygens (including phenoxy) is 2. The normalized spacial score (nSPS) is 13.1. The van der Waals surface area contributed by atoms with Crippen molar-refractivity contribution >= 4 is 0 Å². The Kier molecular flexibility index (Phi) is 5.17. The minimum atomic E-state index is -0.248. The van der Waals surface area contributed by atoms with E-state index in [4.69, 9.17) is 9.47 Å². The van der Waals surface area contributed by atoms with Gasteiger partial charge >= 0.3 is 0 Å². The molecule has 0 fully saturated rings. The summed E-state index contributed by atoms with van der Waals surface area (Å²) in [5.41, 5.74) is 0.898. The van der Waals surface area contributed by atoms with E-state index in [1.54, 1.807) is 20.4 Å². The molecule has 0 bridgehead atoms. The van der Waals surface area contributed by atoms with Gasteiger partial charge in [-0.2, -0.15) is 10.2 Å². The Morgan fingerprint density at radius 1 is 1.40 bits per heavy atom. The highest BCUT2D eigenvalue weighted by Crippen LogP contribution is 2.00. The Balaban J connectivity index is 2.36. The van der Waals surface area contributed by atoms with Crippen LogP contribution in [0.15, 0.2) is 18.3 Å². The second-order valence-corrected chi connectivity index (χ2v) is 3.22. The summed E-state index contributed by atoms with van der Waals surface area (Å²) in [7, 11) is 3.24. The minimum absolute atomic E-state index is 0.0991. The third kappa shape index (κ3) is 3.91. The van der Waals surface area contributed by atoms with Gasteiger partial charge in [0.15, 0.2) is 6.29 Å². The van der Waals surface area contributed by atoms with E-state index in [2.05, 4.69) is 15.5 Å². The van der Waals surface area contributed by atoms with Crippen LogP contribution in [0.5, 0.6) is 0 Å². The van der Waals surface area contributed by atoms with Gasteiger partial charge in [0.05, 0.1) is 11.7 Å². The van der Waals surface area contributed by atoms with Crippen LogP contribution in [0.25, 0.3) is 0 Å². The molecule has 1 heterocycles. The van der Waals surface area contributed by atoms with E-state index in [1.807, 2.05) is 19.1 Å². The molecule has 0 amide bonds. The van der Waals surface area contributed by atoms with E-state index >= 15 is 0 Å². The first-order chi connectivity index (χ1) is 7.27. The number of rotatable bonds is 6. The van der Waals surface area contributed by atoms with Crippen LogP contribution in [-0.4, -0.2) is 36.7 Å². The molecule has 84 valence electrons. The smallest absolute Gasteiger partial charge is 0.171 e. The predicted octanol–water partition coefficient (Wildman–Crippen LogP) is 0.574. The first-order valence-electron chi connectivity index (χ1n) is 4.83. The number of methoxy groups -OCH3 is 2. The van der Waals surface area contributed by atoms with E-state index in [-0.39, 0.29) is 12.3 Å². The van der Waals surface area contributed by atoms with Crippen LogP contribution in [0.2, 0.25) is 0 Å². The van der Waals surface area contributed by atoms with E-state index in [0.717, 1.165) is 5.69 Å². The minimum Gasteiger partial charge on any atom is -0.354 e. The van der Waals surface area contributed by atoms with Gasteiger partial charge < -0.3 is 14.8 Å². The standard InChI is InChI=1S/C10H17N3O2/c1-8(10(14-2)15-3)11-7-9-5-4-6-12-13-9/h4-6,8,10-11H,7H2,1-3H3. The van der Waals surface area contributed by atoms with Crippen molar-refractivity contribution in [2.24, 2.45) is 0 Å². The lowest BCUT2D eigenvalue weighted by molar-refractivity contribution is -0.119. The molecule has 0 aliphatic rings. The second kappa shape index (κ2) is 6.44. The molecule has 0 aromatic carbocycles. The molecule has 0 saturated heterocycles. The quantitative estimate of drug-likeness (QED) is 0.697. The third-order valence-corrected chi connectivity index (χ3v) is 2.11. The second-order valence-electron chi connectivity index (χ2n) is 3.22. The highest BCUT2D eigenvalue weighted by Gasteiger charge is 2.14. The molecule has 1 aromatic heterocycles. The molecule has 0 spiro atoms. The molecular weight excluding hydrogens is 194 g/mol. The molecule has 1 aromatic rings. The number of aromatic nitrogens is 2. The summed E-state index contributed by atoms with van der Waals surface area (Å²) < 4.78 is 10.3. The summed E-state index contributed by atoms with van der Waals surface area (Å²) in [5.74, 6) is 0. The summed E-state index contributed by atoms with van der Waals surface area (Å²) in [6.07, 6.45) is 1.40. The maximum absolute atomic E-state index is 5.13. The first kappa shape index (κ1) is 12.0. The number of hydrogen-bond donors (Lipinski definition) is 1. The molecule has 1 rings (SSSR count). The van der Waals surface area contributed by atoms with Gasteiger partial charge in [-0.25, -0.2) is 0 Å². The third-order valence-electron chi connectivity index (χ3n) is 2.11. The van der Waals surface area contributed by atoms with Gasteiger partial charge in [0, 0.05) is 27.0 Å². The predicted molar refractivity (Wildman–Crippen MR) is 56.1 cm³/mol. The Hall–Kier alpha value is -1.04. The molecular formula is C10H17N3O2. The van der Waals surface area contributed by atoms with Crippen molar-refractivity contribution in [2.75, 3.05) is 14.2 Å². The molecule has 0 aliphatic carbocycles. The SMILES string of the molecule is COC(OC)C(C)NCc1cccnn1. The molecule has 0 aliphatic heterocycles. The van der Waals surface area contributed by atoms with Gasteiger partial charge in [-0.05, 0) is 19.1 Å². The van der Waals surface area contributed by atoms with Crippen LogP contribution < -0.4 is 5.32 Å². The van der Waals surface area contributed by atoms with E-state index < -0.39 is 0 Å². The van der Waals surface area contributed by atoms with Crippen molar-refractivity contribution in [1.82, 2.24) is 15.5 Å². The van der Waals surface area contributed by atoms with Crippen LogP contribution in [0.1, 0.15) is 12.6 Å². The van der Waals surface area contributed by atoms with Crippen molar-refractivity contribution in [2.45, 2.75) is 25.8 Å². The zero-order chi connectivity index (χ0) is 11.1. The van der Waals surface area contributed by atoms with Crippen molar-refractivity contribution in [3.05, 3.63) is 24.0 Å². The zero-order valence-electron chi connectivity index (χ0n) is 9.30. The Morgan fingerprint density at radius 2 is 2.13 bits per heavy atom. The van der Waals surface area contributed by atoms with Crippen molar-refractivity contribution in [1.29, 1.82) is 0 Å². The van der Waals surface area contributed by atoms with Crippen molar-refractivity contribution < 1.29 is 9.47 Å². The zero-order valence-corrected chi connectivity index (χ0v) is 9.30. The lowest BCUT2D eigenvalue weighted by Crippen LogP contribution is -2.39. The Morgan fingerprint density at radius 3 is 2.67 bits per heavy atom.